The number of ether oxygens (including phenoxy) is 4. The van der Waals surface area contributed by atoms with Gasteiger partial charge in [-0.3, -0.25) is 0 Å². The monoisotopic (exact) mass is 1010 g/mol. The second-order valence-corrected chi connectivity index (χ2v) is 18.9. The third kappa shape index (κ3) is 11.1. The summed E-state index contributed by atoms with van der Waals surface area (Å²) in [5.41, 5.74) is 8.57. The number of nitrogens with zero attached hydrogens (tertiary/aromatic N) is 8. The molecule has 0 spiro atoms. The Hall–Kier alpha value is -8.98. The predicted molar refractivity (Wildman–Crippen MR) is 299 cm³/mol. The Balaban J connectivity index is 0.708. The first-order valence-corrected chi connectivity index (χ1v) is 25.5. The van der Waals surface area contributed by atoms with Crippen LogP contribution >= 0.6 is 0 Å². The molecule has 0 unspecified atom stereocenters. The van der Waals surface area contributed by atoms with E-state index in [-0.39, 0.29) is 0 Å². The molecule has 0 saturated heterocycles. The van der Waals surface area contributed by atoms with Gasteiger partial charge in [0.2, 0.25) is 0 Å². The topological polar surface area (TPSA) is 130 Å². The molecule has 0 aliphatic heterocycles. The molecule has 2 N–H and O–H groups in total. The van der Waals surface area contributed by atoms with Crippen molar-refractivity contribution < 1.29 is 28.1 Å². The van der Waals surface area contributed by atoms with Crippen molar-refractivity contribution in [3.63, 3.8) is 0 Å². The zero-order chi connectivity index (χ0) is 51.8. The van der Waals surface area contributed by atoms with E-state index in [0.717, 1.165) is 69.7 Å². The van der Waals surface area contributed by atoms with E-state index >= 15 is 0 Å². The summed E-state index contributed by atoms with van der Waals surface area (Å²) in [4.78, 5) is 0. The molecule has 11 rings (SSSR count). The number of aryl methyl sites for hydroxylation is 4. The summed E-state index contributed by atoms with van der Waals surface area (Å²) in [5.74, 6) is 3.07. The molecule has 0 fully saturated rings. The van der Waals surface area contributed by atoms with Gasteiger partial charge in [-0.05, 0) is 101 Å². The van der Waals surface area contributed by atoms with Crippen LogP contribution < -0.4 is 38.7 Å². The van der Waals surface area contributed by atoms with E-state index in [1.165, 1.54) is 54.2 Å². The fourth-order valence-electron chi connectivity index (χ4n) is 9.98. The first-order chi connectivity index (χ1) is 37.4. The minimum absolute atomic E-state index is 0.605. The van der Waals surface area contributed by atoms with Crippen molar-refractivity contribution in [3.05, 3.63) is 203 Å². The largest absolute Gasteiger partial charge is 0.497 e. The van der Waals surface area contributed by atoms with Crippen LogP contribution in [0.25, 0.3) is 67.4 Å². The van der Waals surface area contributed by atoms with Gasteiger partial charge in [-0.1, -0.05) is 95.4 Å². The molecule has 14 heteroatoms. The average Bonchev–Trinajstić information content (AvgIpc) is 4.27. The van der Waals surface area contributed by atoms with Crippen LogP contribution in [0, 0.1) is 0 Å². The lowest BCUT2D eigenvalue weighted by atomic mass is 9.87. The first kappa shape index (κ1) is 49.2. The van der Waals surface area contributed by atoms with E-state index in [9.17, 15) is 0 Å². The van der Waals surface area contributed by atoms with Crippen molar-refractivity contribution in [1.29, 1.82) is 0 Å². The summed E-state index contributed by atoms with van der Waals surface area (Å²) in [6.07, 6.45) is 21.4. The highest BCUT2D eigenvalue weighted by atomic mass is 16.5. The van der Waals surface area contributed by atoms with Gasteiger partial charge in [0.1, 0.15) is 36.1 Å². The SMILES string of the molecule is COc1cc(CNCc2cn(CC[n+]3ccc(/C=C/c4ccc5c6cccc7c(/C=C/c8cc[n+](CCn9cc(CNCc%10cc(OC)cc(OC)c%10)nn9)cc8)ccc(c8cccc4c85)c76)cc3)nn2)cc(OC)c1. The number of benzene rings is 7. The maximum atomic E-state index is 5.40. The van der Waals surface area contributed by atoms with Gasteiger partial charge in [0, 0.05) is 62.6 Å². The van der Waals surface area contributed by atoms with Crippen LogP contribution in [0.4, 0.5) is 0 Å². The van der Waals surface area contributed by atoms with Gasteiger partial charge in [-0.25, -0.2) is 18.5 Å². The van der Waals surface area contributed by atoms with Gasteiger partial charge in [-0.15, -0.1) is 10.2 Å². The minimum atomic E-state index is 0.605. The van der Waals surface area contributed by atoms with Crippen molar-refractivity contribution in [2.45, 2.75) is 52.4 Å². The van der Waals surface area contributed by atoms with E-state index in [0.29, 0.717) is 39.3 Å². The molecule has 14 nitrogen and oxygen atoms in total. The molecule has 4 aromatic heterocycles. The minimum Gasteiger partial charge on any atom is -0.497 e. The Morgan fingerprint density at radius 1 is 0.434 bits per heavy atom. The Morgan fingerprint density at radius 2 is 0.816 bits per heavy atom. The van der Waals surface area contributed by atoms with E-state index in [1.807, 2.05) is 58.2 Å². The van der Waals surface area contributed by atoms with E-state index in [2.05, 4.69) is 174 Å². The molecular weight excluding hydrogens is 949 g/mol. The first-order valence-electron chi connectivity index (χ1n) is 25.5. The molecule has 0 aliphatic carbocycles. The van der Waals surface area contributed by atoms with E-state index in [4.69, 9.17) is 18.9 Å². The highest BCUT2D eigenvalue weighted by Gasteiger charge is 2.16. The Bertz CT molecular complexity index is 3530. The number of rotatable bonds is 22. The highest BCUT2D eigenvalue weighted by Crippen LogP contribution is 2.42. The number of nitrogens with one attached hydrogen (secondary N) is 2. The van der Waals surface area contributed by atoms with Crippen molar-refractivity contribution in [3.8, 4) is 23.0 Å². The summed E-state index contributed by atoms with van der Waals surface area (Å²) in [6, 6.07) is 42.9. The third-order valence-electron chi connectivity index (χ3n) is 13.9. The molecule has 11 aromatic rings. The fraction of sp³-hybridized carbons (Fsp3) is 0.194. The molecule has 0 aliphatic rings. The number of hydrogen-bond acceptors (Lipinski definition) is 10. The van der Waals surface area contributed by atoms with Crippen molar-refractivity contribution in [2.24, 2.45) is 0 Å². The average molecular weight is 1010 g/mol. The molecule has 4 heterocycles. The molecule has 0 saturated carbocycles. The molecule has 0 atom stereocenters. The maximum absolute atomic E-state index is 5.40. The number of fused-ring (bicyclic) bond motifs is 2. The van der Waals surface area contributed by atoms with E-state index < -0.39 is 0 Å². The zero-order valence-electron chi connectivity index (χ0n) is 43.2. The van der Waals surface area contributed by atoms with Gasteiger partial charge in [0.05, 0.1) is 52.2 Å². The number of hydrogen-bond donors (Lipinski definition) is 2. The molecule has 0 bridgehead atoms. The normalized spacial score (nSPS) is 11.8. The lowest BCUT2D eigenvalue weighted by Gasteiger charge is -2.16. The van der Waals surface area contributed by atoms with E-state index in [1.54, 1.807) is 28.4 Å². The molecule has 0 amide bonds. The summed E-state index contributed by atoms with van der Waals surface area (Å²) in [7, 11) is 6.63. The standard InChI is InChI=1S/C62H60N10O4/c1-73-51-31-45(32-52(35-51)74-2)37-63-39-49-41-71(67-65-49)29-27-69-23-19-43(20-24-69)11-13-47-15-17-59-58-10-6-8-56-48(16-18-60(62(56)58)57-9-5-7-55(47)61(57)59)14-12-44-21-25-70(26-22-44)28-30-72-42-50(66-68-72)40-64-38-46-33-53(75-3)36-54(34-46)76-4/h5-26,31-36,41-42,63-64H,27-30,37-40H2,1-4H3/q+2/b13-11+,14-12+. The molecule has 380 valence electrons. The zero-order valence-corrected chi connectivity index (χ0v) is 43.2. The van der Waals surface area contributed by atoms with Gasteiger partial charge in [0.15, 0.2) is 37.9 Å². The second-order valence-electron chi connectivity index (χ2n) is 18.9. The summed E-state index contributed by atoms with van der Waals surface area (Å²) < 4.78 is 29.7. The fourth-order valence-corrected chi connectivity index (χ4v) is 9.98. The summed E-state index contributed by atoms with van der Waals surface area (Å²) in [5, 5.41) is 34.5. The number of methoxy groups -OCH3 is 4. The van der Waals surface area contributed by atoms with Gasteiger partial charge >= 0.3 is 0 Å². The smallest absolute Gasteiger partial charge is 0.169 e. The van der Waals surface area contributed by atoms with Gasteiger partial charge in [-0.2, -0.15) is 0 Å². The van der Waals surface area contributed by atoms with Crippen molar-refractivity contribution in [1.82, 2.24) is 40.6 Å². The van der Waals surface area contributed by atoms with Crippen molar-refractivity contribution in [2.75, 3.05) is 28.4 Å². The van der Waals surface area contributed by atoms with Crippen LogP contribution in [0.5, 0.6) is 23.0 Å². The predicted octanol–water partition coefficient (Wildman–Crippen LogP) is 9.85. The maximum Gasteiger partial charge on any atom is 0.169 e. The van der Waals surface area contributed by atoms with Gasteiger partial charge < -0.3 is 29.6 Å². The number of pyridine rings is 2. The van der Waals surface area contributed by atoms with Crippen LogP contribution in [0.2, 0.25) is 0 Å². The molecule has 76 heavy (non-hydrogen) atoms. The van der Waals surface area contributed by atoms with Crippen molar-refractivity contribution >= 4 is 67.4 Å². The van der Waals surface area contributed by atoms with Crippen LogP contribution in [0.3, 0.4) is 0 Å². The van der Waals surface area contributed by atoms with Crippen LogP contribution in [0.1, 0.15) is 44.8 Å². The lowest BCUT2D eigenvalue weighted by Crippen LogP contribution is -2.35. The second kappa shape index (κ2) is 22.6. The Labute approximate surface area is 441 Å². The summed E-state index contributed by atoms with van der Waals surface area (Å²) >= 11 is 0. The van der Waals surface area contributed by atoms with Crippen LogP contribution in [-0.4, -0.2) is 58.4 Å². The summed E-state index contributed by atoms with van der Waals surface area (Å²) in [6.45, 7) is 5.50. The lowest BCUT2D eigenvalue weighted by molar-refractivity contribution is -0.698. The van der Waals surface area contributed by atoms with Crippen LogP contribution in [0.15, 0.2) is 159 Å². The third-order valence-corrected chi connectivity index (χ3v) is 13.9. The Kier molecular flexibility index (Phi) is 14.7. The highest BCUT2D eigenvalue weighted by molar-refractivity contribution is 6.34. The molecular formula is C62H60N10O4+2. The number of aromatic nitrogens is 8. The Morgan fingerprint density at radius 3 is 1.21 bits per heavy atom. The molecule has 7 aromatic carbocycles. The van der Waals surface area contributed by atoms with Crippen LogP contribution in [-0.2, 0) is 52.4 Å². The molecule has 0 radical (unpaired) electrons. The van der Waals surface area contributed by atoms with Gasteiger partial charge in [0.25, 0.3) is 0 Å². The quantitative estimate of drug-likeness (QED) is 0.0385.